The third-order valence-electron chi connectivity index (χ3n) is 5.39. The Morgan fingerprint density at radius 3 is 2.33 bits per heavy atom. The number of nitrogens with zero attached hydrogens (tertiary/aromatic N) is 1. The molecule has 174 valence electrons. The number of benzene rings is 2. The van der Waals surface area contributed by atoms with E-state index in [1.807, 2.05) is 67.8 Å². The SMILES string of the molecule is CC(C)(Cc1ccccc1)C(=O)SCCCCCCC(=O)Nc1nc(-c2ccccc2)cs1. The molecule has 1 amide bonds. The van der Waals surface area contributed by atoms with E-state index < -0.39 is 0 Å². The highest BCUT2D eigenvalue weighted by Crippen LogP contribution is 2.29. The summed E-state index contributed by atoms with van der Waals surface area (Å²) >= 11 is 2.89. The van der Waals surface area contributed by atoms with Crippen LogP contribution < -0.4 is 5.32 Å². The van der Waals surface area contributed by atoms with E-state index in [-0.39, 0.29) is 16.4 Å². The van der Waals surface area contributed by atoms with Crippen molar-refractivity contribution < 1.29 is 9.59 Å². The third kappa shape index (κ3) is 8.45. The summed E-state index contributed by atoms with van der Waals surface area (Å²) in [4.78, 5) is 29.3. The number of aromatic nitrogens is 1. The molecule has 33 heavy (non-hydrogen) atoms. The van der Waals surface area contributed by atoms with Crippen molar-refractivity contribution in [2.75, 3.05) is 11.1 Å². The number of unbranched alkanes of at least 4 members (excludes halogenated alkanes) is 3. The van der Waals surface area contributed by atoms with Crippen molar-refractivity contribution in [3.05, 3.63) is 71.6 Å². The Labute approximate surface area is 205 Å². The Bertz CT molecular complexity index is 1020. The fourth-order valence-corrected chi connectivity index (χ4v) is 5.27. The smallest absolute Gasteiger partial charge is 0.226 e. The molecule has 0 aliphatic rings. The molecule has 0 unspecified atom stereocenters. The van der Waals surface area contributed by atoms with Crippen LogP contribution in [0.1, 0.15) is 51.5 Å². The van der Waals surface area contributed by atoms with Gasteiger partial charge in [-0.2, -0.15) is 0 Å². The summed E-state index contributed by atoms with van der Waals surface area (Å²) < 4.78 is 0. The van der Waals surface area contributed by atoms with Crippen molar-refractivity contribution in [2.45, 2.75) is 52.4 Å². The van der Waals surface area contributed by atoms with Crippen LogP contribution in [0.15, 0.2) is 66.0 Å². The number of carbonyl (C=O) groups excluding carboxylic acids is 2. The summed E-state index contributed by atoms with van der Waals surface area (Å²) in [5, 5.41) is 5.77. The molecule has 0 aliphatic carbocycles. The number of hydrogen-bond acceptors (Lipinski definition) is 5. The lowest BCUT2D eigenvalue weighted by Gasteiger charge is -2.22. The summed E-state index contributed by atoms with van der Waals surface area (Å²) in [6.45, 7) is 4.05. The van der Waals surface area contributed by atoms with Crippen LogP contribution in [-0.2, 0) is 16.0 Å². The number of amides is 1. The van der Waals surface area contributed by atoms with E-state index in [0.29, 0.717) is 11.6 Å². The van der Waals surface area contributed by atoms with Gasteiger partial charge in [-0.15, -0.1) is 11.3 Å². The van der Waals surface area contributed by atoms with E-state index in [2.05, 4.69) is 22.4 Å². The first-order valence-corrected chi connectivity index (χ1v) is 13.3. The van der Waals surface area contributed by atoms with E-state index in [9.17, 15) is 9.59 Å². The number of thiazole rings is 1. The minimum absolute atomic E-state index is 0.0103. The second-order valence-electron chi connectivity index (χ2n) is 8.80. The average molecular weight is 481 g/mol. The van der Waals surface area contributed by atoms with E-state index >= 15 is 0 Å². The highest BCUT2D eigenvalue weighted by molar-refractivity contribution is 8.13. The summed E-state index contributed by atoms with van der Waals surface area (Å²) in [6, 6.07) is 20.1. The normalized spacial score (nSPS) is 11.3. The fraction of sp³-hybridized carbons (Fsp3) is 0.370. The van der Waals surface area contributed by atoms with Crippen LogP contribution in [0.2, 0.25) is 0 Å². The second-order valence-corrected chi connectivity index (χ2v) is 10.7. The molecule has 1 heterocycles. The van der Waals surface area contributed by atoms with Crippen molar-refractivity contribution in [1.82, 2.24) is 4.98 Å². The molecule has 0 aliphatic heterocycles. The topological polar surface area (TPSA) is 59.1 Å². The van der Waals surface area contributed by atoms with Crippen molar-refractivity contribution >= 4 is 39.3 Å². The standard InChI is InChI=1S/C27H32N2O2S2/c1-27(2,19-21-13-7-5-8-14-21)25(31)32-18-12-4-3-11-17-24(30)29-26-28-23(20-33-26)22-15-9-6-10-16-22/h5-10,13-16,20H,3-4,11-12,17-19H2,1-2H3,(H,28,29,30). The largest absolute Gasteiger partial charge is 0.302 e. The van der Waals surface area contributed by atoms with Gasteiger partial charge in [-0.1, -0.05) is 99.1 Å². The Morgan fingerprint density at radius 2 is 1.61 bits per heavy atom. The van der Waals surface area contributed by atoms with Crippen LogP contribution in [0.5, 0.6) is 0 Å². The molecule has 0 atom stereocenters. The van der Waals surface area contributed by atoms with Crippen molar-refractivity contribution in [1.29, 1.82) is 0 Å². The fourth-order valence-electron chi connectivity index (χ4n) is 3.53. The third-order valence-corrected chi connectivity index (χ3v) is 7.46. The van der Waals surface area contributed by atoms with E-state index in [4.69, 9.17) is 0 Å². The first-order valence-electron chi connectivity index (χ1n) is 11.5. The highest BCUT2D eigenvalue weighted by atomic mass is 32.2. The van der Waals surface area contributed by atoms with Gasteiger partial charge in [-0.05, 0) is 24.8 Å². The number of carbonyl (C=O) groups is 2. The van der Waals surface area contributed by atoms with Crippen LogP contribution in [0.25, 0.3) is 11.3 Å². The molecule has 3 rings (SSSR count). The Hall–Kier alpha value is -2.44. The van der Waals surface area contributed by atoms with Gasteiger partial charge in [0.1, 0.15) is 0 Å². The molecular weight excluding hydrogens is 448 g/mol. The van der Waals surface area contributed by atoms with Gasteiger partial charge in [-0.3, -0.25) is 9.59 Å². The molecule has 0 saturated heterocycles. The van der Waals surface area contributed by atoms with Crippen molar-refractivity contribution in [3.63, 3.8) is 0 Å². The molecule has 6 heteroatoms. The Kier molecular flexibility index (Phi) is 9.70. The molecule has 0 fully saturated rings. The van der Waals surface area contributed by atoms with E-state index in [1.165, 1.54) is 28.7 Å². The quantitative estimate of drug-likeness (QED) is 0.278. The van der Waals surface area contributed by atoms with Gasteiger partial charge in [-0.25, -0.2) is 4.98 Å². The molecule has 1 N–H and O–H groups in total. The minimum atomic E-state index is -0.361. The Morgan fingerprint density at radius 1 is 0.939 bits per heavy atom. The van der Waals surface area contributed by atoms with Crippen LogP contribution >= 0.6 is 23.1 Å². The molecule has 3 aromatic rings. The lowest BCUT2D eigenvalue weighted by atomic mass is 9.87. The number of anilines is 1. The molecule has 0 saturated carbocycles. The van der Waals surface area contributed by atoms with Crippen LogP contribution in [-0.4, -0.2) is 21.8 Å². The maximum atomic E-state index is 12.6. The zero-order chi connectivity index (χ0) is 23.5. The number of rotatable bonds is 12. The van der Waals surface area contributed by atoms with E-state index in [1.54, 1.807) is 0 Å². The number of thioether (sulfide) groups is 1. The molecule has 1 aromatic heterocycles. The summed E-state index contributed by atoms with van der Waals surface area (Å²) in [5.74, 6) is 0.848. The summed E-state index contributed by atoms with van der Waals surface area (Å²) in [6.07, 6.45) is 5.12. The summed E-state index contributed by atoms with van der Waals surface area (Å²) in [5.41, 5.74) is 2.77. The predicted molar refractivity (Wildman–Crippen MR) is 141 cm³/mol. The maximum Gasteiger partial charge on any atom is 0.226 e. The van der Waals surface area contributed by atoms with Gasteiger partial charge in [0, 0.05) is 28.5 Å². The predicted octanol–water partition coefficient (Wildman–Crippen LogP) is 7.23. The number of nitrogens with one attached hydrogen (secondary N) is 1. The monoisotopic (exact) mass is 480 g/mol. The van der Waals surface area contributed by atoms with Crippen LogP contribution in [0.3, 0.4) is 0 Å². The molecule has 0 bridgehead atoms. The average Bonchev–Trinajstić information content (AvgIpc) is 3.27. The molecule has 2 aromatic carbocycles. The van der Waals surface area contributed by atoms with Crippen LogP contribution in [0, 0.1) is 5.41 Å². The van der Waals surface area contributed by atoms with Gasteiger partial charge < -0.3 is 5.32 Å². The highest BCUT2D eigenvalue weighted by Gasteiger charge is 2.27. The summed E-state index contributed by atoms with van der Waals surface area (Å²) in [7, 11) is 0. The zero-order valence-corrected chi connectivity index (χ0v) is 21.0. The molecule has 4 nitrogen and oxygen atoms in total. The lowest BCUT2D eigenvalue weighted by Crippen LogP contribution is -2.24. The maximum absolute atomic E-state index is 12.6. The first kappa shape index (κ1) is 25.2. The second kappa shape index (κ2) is 12.7. The van der Waals surface area contributed by atoms with Gasteiger partial charge in [0.2, 0.25) is 5.91 Å². The Balaban J connectivity index is 1.27. The van der Waals surface area contributed by atoms with Crippen molar-refractivity contribution in [3.8, 4) is 11.3 Å². The molecular formula is C27H32N2O2S2. The molecule has 0 radical (unpaired) electrons. The lowest BCUT2D eigenvalue weighted by molar-refractivity contribution is -0.118. The minimum Gasteiger partial charge on any atom is -0.302 e. The van der Waals surface area contributed by atoms with E-state index in [0.717, 1.165) is 49.1 Å². The zero-order valence-electron chi connectivity index (χ0n) is 19.4. The van der Waals surface area contributed by atoms with Gasteiger partial charge in [0.05, 0.1) is 5.69 Å². The van der Waals surface area contributed by atoms with Gasteiger partial charge in [0.15, 0.2) is 10.2 Å². The van der Waals surface area contributed by atoms with Gasteiger partial charge >= 0.3 is 0 Å². The van der Waals surface area contributed by atoms with Gasteiger partial charge in [0.25, 0.3) is 0 Å². The van der Waals surface area contributed by atoms with Crippen molar-refractivity contribution in [2.24, 2.45) is 5.41 Å². The molecule has 0 spiro atoms. The first-order chi connectivity index (χ1) is 15.9. The van der Waals surface area contributed by atoms with Crippen LogP contribution in [0.4, 0.5) is 5.13 Å². The number of hydrogen-bond donors (Lipinski definition) is 1.